The van der Waals surface area contributed by atoms with Gasteiger partial charge in [0.2, 0.25) is 0 Å². The number of ether oxygens (including phenoxy) is 1. The number of alkyl halides is 3. The third kappa shape index (κ3) is 2.77. The lowest BCUT2D eigenvalue weighted by molar-refractivity contribution is -0.175. The standard InChI is InChI=1S/C14H14Cl2F3NO/c15-11-2-1-8(3-12(11)16)13-6-20-4-9(13)10(13)5-21-7-14(17,18)19/h1-3,9-10,20H,4-7H2/t9-,10-,13-/m1/s1. The lowest BCUT2D eigenvalue weighted by atomic mass is 9.93. The van der Waals surface area contributed by atoms with Crippen LogP contribution in [0.1, 0.15) is 5.56 Å². The third-order valence-electron chi connectivity index (χ3n) is 4.50. The molecule has 1 saturated heterocycles. The van der Waals surface area contributed by atoms with E-state index in [0.29, 0.717) is 16.0 Å². The molecule has 0 aromatic heterocycles. The van der Waals surface area contributed by atoms with E-state index in [9.17, 15) is 13.2 Å². The Bertz CT molecular complexity index is 552. The fraction of sp³-hybridized carbons (Fsp3) is 0.571. The Labute approximate surface area is 130 Å². The van der Waals surface area contributed by atoms with Crippen LogP contribution in [0.25, 0.3) is 0 Å². The van der Waals surface area contributed by atoms with Gasteiger partial charge in [-0.3, -0.25) is 0 Å². The van der Waals surface area contributed by atoms with Gasteiger partial charge in [-0.1, -0.05) is 29.3 Å². The Balaban J connectivity index is 1.72. The van der Waals surface area contributed by atoms with Crippen LogP contribution in [0.5, 0.6) is 0 Å². The summed E-state index contributed by atoms with van der Waals surface area (Å²) in [6.07, 6.45) is -4.28. The number of hydrogen-bond acceptors (Lipinski definition) is 2. The molecule has 7 heteroatoms. The van der Waals surface area contributed by atoms with Crippen molar-refractivity contribution in [1.82, 2.24) is 5.32 Å². The zero-order valence-corrected chi connectivity index (χ0v) is 12.5. The number of halogens is 5. The van der Waals surface area contributed by atoms with Crippen LogP contribution in [0.15, 0.2) is 18.2 Å². The first kappa shape index (κ1) is 15.4. The molecule has 0 bridgehead atoms. The van der Waals surface area contributed by atoms with Gasteiger partial charge in [-0.25, -0.2) is 0 Å². The number of fused-ring (bicyclic) bond motifs is 1. The molecular weight excluding hydrogens is 326 g/mol. The van der Waals surface area contributed by atoms with E-state index < -0.39 is 12.8 Å². The SMILES string of the molecule is FC(F)(F)COC[C@@H]1[C@H]2CNC[C@@]21c1ccc(Cl)c(Cl)c1. The molecule has 0 amide bonds. The van der Waals surface area contributed by atoms with Crippen LogP contribution in [0.4, 0.5) is 13.2 Å². The molecule has 1 N–H and O–H groups in total. The van der Waals surface area contributed by atoms with E-state index >= 15 is 0 Å². The van der Waals surface area contributed by atoms with Crippen LogP contribution in [-0.4, -0.2) is 32.5 Å². The first-order chi connectivity index (χ1) is 9.84. The quantitative estimate of drug-likeness (QED) is 0.903. The summed E-state index contributed by atoms with van der Waals surface area (Å²) in [5.41, 5.74) is 0.854. The smallest absolute Gasteiger partial charge is 0.372 e. The minimum absolute atomic E-state index is 0.0957. The number of hydrogen-bond donors (Lipinski definition) is 1. The van der Waals surface area contributed by atoms with Crippen LogP contribution in [0.3, 0.4) is 0 Å². The summed E-state index contributed by atoms with van der Waals surface area (Å²) in [5.74, 6) is 0.390. The first-order valence-corrected chi connectivity index (χ1v) is 7.41. The van der Waals surface area contributed by atoms with Gasteiger partial charge < -0.3 is 10.1 Å². The van der Waals surface area contributed by atoms with Crippen LogP contribution < -0.4 is 5.32 Å². The summed E-state index contributed by atoms with van der Waals surface area (Å²) in [4.78, 5) is 0. The normalized spacial score (nSPS) is 31.3. The molecule has 0 spiro atoms. The highest BCUT2D eigenvalue weighted by Crippen LogP contribution is 2.62. The monoisotopic (exact) mass is 339 g/mol. The maximum atomic E-state index is 12.2. The Hall–Kier alpha value is -0.490. The van der Waals surface area contributed by atoms with E-state index in [4.69, 9.17) is 27.9 Å². The molecule has 0 unspecified atom stereocenters. The van der Waals surface area contributed by atoms with E-state index in [2.05, 4.69) is 5.32 Å². The number of nitrogens with one attached hydrogen (secondary N) is 1. The molecular formula is C14H14Cl2F3NO. The van der Waals surface area contributed by atoms with Gasteiger partial charge in [-0.05, 0) is 36.1 Å². The van der Waals surface area contributed by atoms with E-state index in [-0.39, 0.29) is 17.9 Å². The minimum atomic E-state index is -4.28. The van der Waals surface area contributed by atoms with Gasteiger partial charge in [-0.2, -0.15) is 13.2 Å². The first-order valence-electron chi connectivity index (χ1n) is 6.65. The molecule has 1 heterocycles. The highest BCUT2D eigenvalue weighted by molar-refractivity contribution is 6.42. The predicted molar refractivity (Wildman–Crippen MR) is 74.9 cm³/mol. The van der Waals surface area contributed by atoms with Crippen molar-refractivity contribution in [2.45, 2.75) is 11.6 Å². The van der Waals surface area contributed by atoms with Gasteiger partial charge in [0.05, 0.1) is 16.7 Å². The van der Waals surface area contributed by atoms with Crippen molar-refractivity contribution in [3.63, 3.8) is 0 Å². The number of piperidine rings is 1. The molecule has 2 fully saturated rings. The summed E-state index contributed by atoms with van der Waals surface area (Å²) >= 11 is 12.0. The average Bonchev–Trinajstić information content (AvgIpc) is 2.80. The van der Waals surface area contributed by atoms with E-state index in [1.54, 1.807) is 6.07 Å². The maximum absolute atomic E-state index is 12.2. The number of rotatable bonds is 4. The molecule has 1 aromatic carbocycles. The van der Waals surface area contributed by atoms with Gasteiger partial charge in [0.25, 0.3) is 0 Å². The summed E-state index contributed by atoms with van der Waals surface area (Å²) in [5, 5.41) is 4.22. The van der Waals surface area contributed by atoms with Gasteiger partial charge in [0.15, 0.2) is 0 Å². The second-order valence-electron chi connectivity index (χ2n) is 5.64. The fourth-order valence-corrected chi connectivity index (χ4v) is 3.81. The van der Waals surface area contributed by atoms with Crippen molar-refractivity contribution in [2.24, 2.45) is 11.8 Å². The summed E-state index contributed by atoms with van der Waals surface area (Å²) in [7, 11) is 0. The predicted octanol–water partition coefficient (Wildman–Crippen LogP) is 3.66. The maximum Gasteiger partial charge on any atom is 0.411 e. The van der Waals surface area contributed by atoms with Crippen LogP contribution in [-0.2, 0) is 10.2 Å². The Morgan fingerprint density at radius 3 is 2.71 bits per heavy atom. The fourth-order valence-electron chi connectivity index (χ4n) is 3.51. The zero-order chi connectivity index (χ0) is 15.3. The van der Waals surface area contributed by atoms with Crippen molar-refractivity contribution in [3.05, 3.63) is 33.8 Å². The topological polar surface area (TPSA) is 21.3 Å². The lowest BCUT2D eigenvalue weighted by Gasteiger charge is -2.17. The molecule has 1 saturated carbocycles. The number of benzene rings is 1. The average molecular weight is 340 g/mol. The second-order valence-corrected chi connectivity index (χ2v) is 6.46. The van der Waals surface area contributed by atoms with Crippen molar-refractivity contribution in [1.29, 1.82) is 0 Å². The molecule has 2 aliphatic rings. The van der Waals surface area contributed by atoms with Gasteiger partial charge in [0.1, 0.15) is 6.61 Å². The van der Waals surface area contributed by atoms with Gasteiger partial charge >= 0.3 is 6.18 Å². The highest BCUT2D eigenvalue weighted by atomic mass is 35.5. The zero-order valence-electron chi connectivity index (χ0n) is 11.0. The molecule has 1 aliphatic carbocycles. The van der Waals surface area contributed by atoms with Crippen LogP contribution in [0.2, 0.25) is 10.0 Å². The second kappa shape index (κ2) is 5.30. The van der Waals surface area contributed by atoms with Gasteiger partial charge in [-0.15, -0.1) is 0 Å². The van der Waals surface area contributed by atoms with Crippen molar-refractivity contribution in [2.75, 3.05) is 26.3 Å². The van der Waals surface area contributed by atoms with E-state index in [1.807, 2.05) is 12.1 Å². The van der Waals surface area contributed by atoms with Crippen molar-refractivity contribution >= 4 is 23.2 Å². The summed E-state index contributed by atoms with van der Waals surface area (Å²) in [6.45, 7) is 0.448. The molecule has 3 rings (SSSR count). The van der Waals surface area contributed by atoms with Crippen molar-refractivity contribution < 1.29 is 17.9 Å². The van der Waals surface area contributed by atoms with Crippen molar-refractivity contribution in [3.8, 4) is 0 Å². The Morgan fingerprint density at radius 2 is 2.05 bits per heavy atom. The Kier molecular flexibility index (Phi) is 3.89. The summed E-state index contributed by atoms with van der Waals surface area (Å²) < 4.78 is 41.3. The molecule has 0 radical (unpaired) electrons. The molecule has 2 nitrogen and oxygen atoms in total. The molecule has 1 aliphatic heterocycles. The molecule has 1 aromatic rings. The van der Waals surface area contributed by atoms with Gasteiger partial charge in [0, 0.05) is 12.0 Å². The highest BCUT2D eigenvalue weighted by Gasteiger charge is 2.67. The largest absolute Gasteiger partial charge is 0.411 e. The minimum Gasteiger partial charge on any atom is -0.372 e. The van der Waals surface area contributed by atoms with Crippen LogP contribution >= 0.6 is 23.2 Å². The Morgan fingerprint density at radius 1 is 1.29 bits per heavy atom. The molecule has 21 heavy (non-hydrogen) atoms. The van der Waals surface area contributed by atoms with E-state index in [1.165, 1.54) is 0 Å². The molecule has 116 valence electrons. The summed E-state index contributed by atoms with van der Waals surface area (Å²) in [6, 6.07) is 5.45. The lowest BCUT2D eigenvalue weighted by Crippen LogP contribution is -2.26. The van der Waals surface area contributed by atoms with Crippen LogP contribution in [0, 0.1) is 11.8 Å². The molecule has 3 atom stereocenters. The van der Waals surface area contributed by atoms with E-state index in [0.717, 1.165) is 18.7 Å². The third-order valence-corrected chi connectivity index (χ3v) is 5.24.